The van der Waals surface area contributed by atoms with Crippen molar-refractivity contribution < 1.29 is 4.39 Å². The number of halogens is 1. The fourth-order valence-electron chi connectivity index (χ4n) is 2.03. The Hall–Kier alpha value is -1.81. The Morgan fingerprint density at radius 1 is 1.28 bits per heavy atom. The van der Waals surface area contributed by atoms with Crippen LogP contribution in [0.1, 0.15) is 29.7 Å². The van der Waals surface area contributed by atoms with Gasteiger partial charge >= 0.3 is 0 Å². The standard InChI is InChI=1S/C14H16FN3/c1-3-18-14(11-7-16-9-17-8-11)13-5-4-12(15)6-10(13)2/h4-9,14,18H,3H2,1-2H3. The van der Waals surface area contributed by atoms with E-state index in [-0.39, 0.29) is 11.9 Å². The minimum absolute atomic E-state index is 0.00296. The fourth-order valence-corrected chi connectivity index (χ4v) is 2.03. The summed E-state index contributed by atoms with van der Waals surface area (Å²) in [4.78, 5) is 8.07. The van der Waals surface area contributed by atoms with Gasteiger partial charge in [0.1, 0.15) is 12.1 Å². The molecular weight excluding hydrogens is 229 g/mol. The van der Waals surface area contributed by atoms with Crippen LogP contribution >= 0.6 is 0 Å². The molecule has 4 heteroatoms. The third-order valence-electron chi connectivity index (χ3n) is 2.86. The van der Waals surface area contributed by atoms with Gasteiger partial charge in [0.05, 0.1) is 6.04 Å². The largest absolute Gasteiger partial charge is 0.306 e. The van der Waals surface area contributed by atoms with E-state index in [2.05, 4.69) is 15.3 Å². The van der Waals surface area contributed by atoms with Crippen LogP contribution in [0.5, 0.6) is 0 Å². The second-order valence-electron chi connectivity index (χ2n) is 4.16. The Morgan fingerprint density at radius 2 is 2.00 bits per heavy atom. The third-order valence-corrected chi connectivity index (χ3v) is 2.86. The maximum Gasteiger partial charge on any atom is 0.123 e. The van der Waals surface area contributed by atoms with E-state index in [1.54, 1.807) is 18.5 Å². The Labute approximate surface area is 106 Å². The van der Waals surface area contributed by atoms with E-state index in [1.165, 1.54) is 12.4 Å². The normalized spacial score (nSPS) is 12.4. The summed E-state index contributed by atoms with van der Waals surface area (Å²) in [7, 11) is 0. The van der Waals surface area contributed by atoms with Crippen LogP contribution in [0, 0.1) is 12.7 Å². The molecule has 1 aromatic carbocycles. The number of aryl methyl sites for hydroxylation is 1. The molecule has 1 atom stereocenters. The lowest BCUT2D eigenvalue weighted by Gasteiger charge is -2.20. The van der Waals surface area contributed by atoms with Gasteiger partial charge < -0.3 is 5.32 Å². The van der Waals surface area contributed by atoms with Gasteiger partial charge in [0.15, 0.2) is 0 Å². The Bertz CT molecular complexity index is 514. The minimum atomic E-state index is -0.212. The SMILES string of the molecule is CCNC(c1cncnc1)c1ccc(F)cc1C. The van der Waals surface area contributed by atoms with Crippen molar-refractivity contribution in [2.24, 2.45) is 0 Å². The van der Waals surface area contributed by atoms with E-state index in [4.69, 9.17) is 0 Å². The van der Waals surface area contributed by atoms with Gasteiger partial charge in [-0.2, -0.15) is 0 Å². The molecule has 0 saturated carbocycles. The fraction of sp³-hybridized carbons (Fsp3) is 0.286. The van der Waals surface area contributed by atoms with Gasteiger partial charge in [0.2, 0.25) is 0 Å². The number of rotatable bonds is 4. The first kappa shape index (κ1) is 12.6. The second kappa shape index (κ2) is 5.69. The smallest absolute Gasteiger partial charge is 0.123 e. The van der Waals surface area contributed by atoms with Gasteiger partial charge in [-0.3, -0.25) is 0 Å². The topological polar surface area (TPSA) is 37.8 Å². The molecule has 1 aromatic heterocycles. The lowest BCUT2D eigenvalue weighted by atomic mass is 9.96. The van der Waals surface area contributed by atoms with Crippen LogP contribution in [-0.2, 0) is 0 Å². The summed E-state index contributed by atoms with van der Waals surface area (Å²) in [5.41, 5.74) is 2.95. The van der Waals surface area contributed by atoms with E-state index in [0.717, 1.165) is 23.2 Å². The number of nitrogens with zero attached hydrogens (tertiary/aromatic N) is 2. The molecule has 0 spiro atoms. The average molecular weight is 245 g/mol. The second-order valence-corrected chi connectivity index (χ2v) is 4.16. The van der Waals surface area contributed by atoms with Gasteiger partial charge in [-0.25, -0.2) is 14.4 Å². The van der Waals surface area contributed by atoms with Crippen molar-refractivity contribution in [1.29, 1.82) is 0 Å². The maximum atomic E-state index is 13.2. The number of hydrogen-bond donors (Lipinski definition) is 1. The van der Waals surface area contributed by atoms with Crippen LogP contribution < -0.4 is 5.32 Å². The lowest BCUT2D eigenvalue weighted by molar-refractivity contribution is 0.608. The quantitative estimate of drug-likeness (QED) is 0.899. The van der Waals surface area contributed by atoms with E-state index >= 15 is 0 Å². The molecule has 1 unspecified atom stereocenters. The monoisotopic (exact) mass is 245 g/mol. The molecule has 0 aliphatic heterocycles. The Morgan fingerprint density at radius 3 is 2.61 bits per heavy atom. The van der Waals surface area contributed by atoms with Crippen molar-refractivity contribution in [2.45, 2.75) is 19.9 Å². The van der Waals surface area contributed by atoms with Crippen LogP contribution in [0.15, 0.2) is 36.9 Å². The third kappa shape index (κ3) is 2.71. The number of hydrogen-bond acceptors (Lipinski definition) is 3. The molecule has 2 aromatic rings. The number of nitrogens with one attached hydrogen (secondary N) is 1. The molecule has 94 valence electrons. The first-order chi connectivity index (χ1) is 8.72. The minimum Gasteiger partial charge on any atom is -0.306 e. The molecule has 3 nitrogen and oxygen atoms in total. The number of benzene rings is 1. The highest BCUT2D eigenvalue weighted by Crippen LogP contribution is 2.24. The van der Waals surface area contributed by atoms with Crippen LogP contribution in [0.3, 0.4) is 0 Å². The van der Waals surface area contributed by atoms with Crippen molar-refractivity contribution in [1.82, 2.24) is 15.3 Å². The maximum absolute atomic E-state index is 13.2. The van der Waals surface area contributed by atoms with E-state index in [9.17, 15) is 4.39 Å². The van der Waals surface area contributed by atoms with E-state index < -0.39 is 0 Å². The summed E-state index contributed by atoms with van der Waals surface area (Å²) in [6, 6.07) is 4.84. The van der Waals surface area contributed by atoms with Gasteiger partial charge in [0.25, 0.3) is 0 Å². The predicted octanol–water partition coefficient (Wildman–Crippen LogP) is 2.62. The molecule has 0 amide bonds. The molecule has 0 aliphatic carbocycles. The highest BCUT2D eigenvalue weighted by molar-refractivity contribution is 5.35. The summed E-state index contributed by atoms with van der Waals surface area (Å²) in [5.74, 6) is -0.212. The summed E-state index contributed by atoms with van der Waals surface area (Å²) in [6.07, 6.45) is 5.07. The van der Waals surface area contributed by atoms with Crippen LogP contribution in [0.25, 0.3) is 0 Å². The molecule has 0 aliphatic rings. The van der Waals surface area contributed by atoms with Gasteiger partial charge in [-0.15, -0.1) is 0 Å². The van der Waals surface area contributed by atoms with Crippen LogP contribution in [0.4, 0.5) is 4.39 Å². The molecular formula is C14H16FN3. The summed E-state index contributed by atoms with van der Waals surface area (Å²) in [5, 5.41) is 3.37. The average Bonchev–Trinajstić information content (AvgIpc) is 2.38. The zero-order valence-corrected chi connectivity index (χ0v) is 10.5. The predicted molar refractivity (Wildman–Crippen MR) is 68.7 cm³/mol. The zero-order valence-electron chi connectivity index (χ0n) is 10.5. The molecule has 1 N–H and O–H groups in total. The van der Waals surface area contributed by atoms with Crippen molar-refractivity contribution in [2.75, 3.05) is 6.54 Å². The Kier molecular flexibility index (Phi) is 3.99. The number of aromatic nitrogens is 2. The summed E-state index contributed by atoms with van der Waals surface area (Å²) in [6.45, 7) is 4.76. The molecule has 0 saturated heterocycles. The summed E-state index contributed by atoms with van der Waals surface area (Å²) >= 11 is 0. The van der Waals surface area contributed by atoms with Crippen molar-refractivity contribution in [3.8, 4) is 0 Å². The summed E-state index contributed by atoms with van der Waals surface area (Å²) < 4.78 is 13.2. The van der Waals surface area contributed by atoms with E-state index in [0.29, 0.717) is 0 Å². The molecule has 0 radical (unpaired) electrons. The first-order valence-electron chi connectivity index (χ1n) is 5.96. The van der Waals surface area contributed by atoms with Gasteiger partial charge in [-0.1, -0.05) is 13.0 Å². The first-order valence-corrected chi connectivity index (χ1v) is 5.96. The molecule has 18 heavy (non-hydrogen) atoms. The highest BCUT2D eigenvalue weighted by atomic mass is 19.1. The molecule has 0 fully saturated rings. The van der Waals surface area contributed by atoms with Crippen LogP contribution in [0.2, 0.25) is 0 Å². The highest BCUT2D eigenvalue weighted by Gasteiger charge is 2.15. The Balaban J connectivity index is 2.41. The molecule has 1 heterocycles. The van der Waals surface area contributed by atoms with Crippen molar-refractivity contribution >= 4 is 0 Å². The van der Waals surface area contributed by atoms with Crippen LogP contribution in [-0.4, -0.2) is 16.5 Å². The van der Waals surface area contributed by atoms with Crippen molar-refractivity contribution in [3.63, 3.8) is 0 Å². The molecule has 2 rings (SSSR count). The molecule has 0 bridgehead atoms. The van der Waals surface area contributed by atoms with Gasteiger partial charge in [0, 0.05) is 18.0 Å². The zero-order chi connectivity index (χ0) is 13.0. The lowest BCUT2D eigenvalue weighted by Crippen LogP contribution is -2.23. The van der Waals surface area contributed by atoms with Crippen molar-refractivity contribution in [3.05, 3.63) is 59.4 Å². The van der Waals surface area contributed by atoms with E-state index in [1.807, 2.05) is 19.9 Å². The van der Waals surface area contributed by atoms with Gasteiger partial charge in [-0.05, 0) is 36.7 Å².